The number of nitrogens with one attached hydrogen (secondary N) is 1. The molecule has 1 N–H and O–H groups in total. The Morgan fingerprint density at radius 2 is 2.21 bits per heavy atom. The first kappa shape index (κ1) is 14.1. The molecule has 1 aromatic carbocycles. The summed E-state index contributed by atoms with van der Waals surface area (Å²) in [5.74, 6) is -0.492. The van der Waals surface area contributed by atoms with Gasteiger partial charge in [0.2, 0.25) is 5.91 Å². The van der Waals surface area contributed by atoms with Crippen LogP contribution in [-0.2, 0) is 14.6 Å². The van der Waals surface area contributed by atoms with E-state index in [-0.39, 0.29) is 24.0 Å². The van der Waals surface area contributed by atoms with Crippen molar-refractivity contribution in [1.29, 1.82) is 0 Å². The van der Waals surface area contributed by atoms with E-state index in [1.165, 1.54) is 5.41 Å². The number of carbonyl (C=O) groups is 1. The van der Waals surface area contributed by atoms with E-state index < -0.39 is 9.84 Å². The van der Waals surface area contributed by atoms with Gasteiger partial charge in [-0.1, -0.05) is 23.7 Å². The lowest BCUT2D eigenvalue weighted by molar-refractivity contribution is -0.116. The molecule has 2 rings (SSSR count). The van der Waals surface area contributed by atoms with Gasteiger partial charge in [0, 0.05) is 17.7 Å². The van der Waals surface area contributed by atoms with Gasteiger partial charge in [-0.25, -0.2) is 8.42 Å². The standard InChI is InChI=1S/C13H14ClNO3S/c1-9-2-3-12(11(14)6-9)15-13(16)7-10-4-5-19(17,18)8-10/h2-6,10H,7-8H2,1H3,(H,15,16). The summed E-state index contributed by atoms with van der Waals surface area (Å²) in [6, 6.07) is 5.34. The summed E-state index contributed by atoms with van der Waals surface area (Å²) >= 11 is 6.01. The topological polar surface area (TPSA) is 63.2 Å². The zero-order valence-corrected chi connectivity index (χ0v) is 12.0. The molecule has 1 aliphatic heterocycles. The molecule has 1 aromatic rings. The molecule has 1 aliphatic rings. The first-order valence-electron chi connectivity index (χ1n) is 5.83. The Bertz CT molecular complexity index is 637. The molecule has 4 nitrogen and oxygen atoms in total. The van der Waals surface area contributed by atoms with E-state index in [1.54, 1.807) is 18.2 Å². The van der Waals surface area contributed by atoms with E-state index >= 15 is 0 Å². The van der Waals surface area contributed by atoms with E-state index in [2.05, 4.69) is 5.32 Å². The fraction of sp³-hybridized carbons (Fsp3) is 0.308. The lowest BCUT2D eigenvalue weighted by Crippen LogP contribution is -2.17. The molecule has 0 saturated heterocycles. The van der Waals surface area contributed by atoms with Gasteiger partial charge in [-0.3, -0.25) is 4.79 Å². The van der Waals surface area contributed by atoms with Crippen molar-refractivity contribution in [3.8, 4) is 0 Å². The lowest BCUT2D eigenvalue weighted by Gasteiger charge is -2.10. The van der Waals surface area contributed by atoms with Gasteiger partial charge < -0.3 is 5.32 Å². The second kappa shape index (κ2) is 5.35. The van der Waals surface area contributed by atoms with E-state index in [0.717, 1.165) is 5.56 Å². The first-order valence-corrected chi connectivity index (χ1v) is 7.92. The number of carbonyl (C=O) groups excluding carboxylic acids is 1. The Kier molecular flexibility index (Phi) is 3.96. The molecule has 0 radical (unpaired) electrons. The van der Waals surface area contributed by atoms with Crippen LogP contribution in [0.3, 0.4) is 0 Å². The van der Waals surface area contributed by atoms with Crippen molar-refractivity contribution in [2.24, 2.45) is 5.92 Å². The number of sulfone groups is 1. The third kappa shape index (κ3) is 3.81. The van der Waals surface area contributed by atoms with Crippen molar-refractivity contribution in [3.63, 3.8) is 0 Å². The van der Waals surface area contributed by atoms with Crippen LogP contribution < -0.4 is 5.32 Å². The van der Waals surface area contributed by atoms with Crippen molar-refractivity contribution < 1.29 is 13.2 Å². The quantitative estimate of drug-likeness (QED) is 0.933. The highest BCUT2D eigenvalue weighted by molar-refractivity contribution is 7.94. The molecule has 0 fully saturated rings. The largest absolute Gasteiger partial charge is 0.325 e. The van der Waals surface area contributed by atoms with Gasteiger partial charge in [0.1, 0.15) is 0 Å². The van der Waals surface area contributed by atoms with Crippen LogP contribution >= 0.6 is 11.6 Å². The zero-order valence-electron chi connectivity index (χ0n) is 10.4. The lowest BCUT2D eigenvalue weighted by atomic mass is 10.1. The fourth-order valence-electron chi connectivity index (χ4n) is 1.93. The van der Waals surface area contributed by atoms with Gasteiger partial charge in [-0.15, -0.1) is 0 Å². The summed E-state index contributed by atoms with van der Waals surface area (Å²) in [6.07, 6.45) is 1.70. The highest BCUT2D eigenvalue weighted by atomic mass is 35.5. The Morgan fingerprint density at radius 1 is 1.47 bits per heavy atom. The Hall–Kier alpha value is -1.33. The highest BCUT2D eigenvalue weighted by Gasteiger charge is 2.23. The van der Waals surface area contributed by atoms with Gasteiger partial charge in [0.05, 0.1) is 16.5 Å². The number of hydrogen-bond donors (Lipinski definition) is 1. The van der Waals surface area contributed by atoms with Crippen LogP contribution in [0.4, 0.5) is 5.69 Å². The molecule has 1 heterocycles. The minimum Gasteiger partial charge on any atom is -0.325 e. The van der Waals surface area contributed by atoms with Gasteiger partial charge >= 0.3 is 0 Å². The van der Waals surface area contributed by atoms with Crippen LogP contribution in [0.15, 0.2) is 29.7 Å². The second-order valence-electron chi connectivity index (χ2n) is 4.65. The Morgan fingerprint density at radius 3 is 2.79 bits per heavy atom. The first-order chi connectivity index (χ1) is 8.85. The number of amides is 1. The van der Waals surface area contributed by atoms with Crippen LogP contribution in [0.1, 0.15) is 12.0 Å². The van der Waals surface area contributed by atoms with Crippen molar-refractivity contribution in [2.45, 2.75) is 13.3 Å². The molecule has 0 spiro atoms. The average molecular weight is 300 g/mol. The summed E-state index contributed by atoms with van der Waals surface area (Å²) in [4.78, 5) is 11.8. The van der Waals surface area contributed by atoms with Crippen molar-refractivity contribution in [2.75, 3.05) is 11.1 Å². The van der Waals surface area contributed by atoms with Gasteiger partial charge in [-0.2, -0.15) is 0 Å². The van der Waals surface area contributed by atoms with E-state index in [1.807, 2.05) is 13.0 Å². The van der Waals surface area contributed by atoms with E-state index in [9.17, 15) is 13.2 Å². The number of hydrogen-bond acceptors (Lipinski definition) is 3. The second-order valence-corrected chi connectivity index (χ2v) is 6.99. The van der Waals surface area contributed by atoms with Crippen molar-refractivity contribution in [3.05, 3.63) is 40.3 Å². The fourth-order valence-corrected chi connectivity index (χ4v) is 3.61. The van der Waals surface area contributed by atoms with Crippen LogP contribution in [0.2, 0.25) is 5.02 Å². The van der Waals surface area contributed by atoms with Crippen molar-refractivity contribution in [1.82, 2.24) is 0 Å². The molecular weight excluding hydrogens is 286 g/mol. The molecule has 6 heteroatoms. The normalized spacial score (nSPS) is 20.4. The molecule has 0 bridgehead atoms. The maximum absolute atomic E-state index is 11.8. The molecule has 19 heavy (non-hydrogen) atoms. The van der Waals surface area contributed by atoms with Crippen LogP contribution in [-0.4, -0.2) is 20.1 Å². The number of halogens is 1. The minimum atomic E-state index is -3.11. The maximum atomic E-state index is 11.8. The summed E-state index contributed by atoms with van der Waals surface area (Å²) in [6.45, 7) is 1.91. The Labute approximate surface area is 117 Å². The number of aryl methyl sites for hydroxylation is 1. The van der Waals surface area contributed by atoms with Crippen LogP contribution in [0, 0.1) is 12.8 Å². The Balaban J connectivity index is 1.97. The predicted molar refractivity (Wildman–Crippen MR) is 75.9 cm³/mol. The molecule has 1 unspecified atom stereocenters. The SMILES string of the molecule is Cc1ccc(NC(=O)CC2C=CS(=O)(=O)C2)c(Cl)c1. The van der Waals surface area contributed by atoms with Gasteiger partial charge in [0.25, 0.3) is 0 Å². The molecule has 1 atom stereocenters. The maximum Gasteiger partial charge on any atom is 0.225 e. The third-order valence-electron chi connectivity index (χ3n) is 2.85. The highest BCUT2D eigenvalue weighted by Crippen LogP contribution is 2.24. The number of benzene rings is 1. The van der Waals surface area contributed by atoms with Crippen LogP contribution in [0.25, 0.3) is 0 Å². The third-order valence-corrected chi connectivity index (χ3v) is 4.63. The van der Waals surface area contributed by atoms with E-state index in [4.69, 9.17) is 11.6 Å². The predicted octanol–water partition coefficient (Wildman–Crippen LogP) is 2.54. The number of anilines is 1. The summed E-state index contributed by atoms with van der Waals surface area (Å²) < 4.78 is 22.5. The monoisotopic (exact) mass is 299 g/mol. The molecule has 0 aromatic heterocycles. The summed E-state index contributed by atoms with van der Waals surface area (Å²) in [5.41, 5.74) is 1.55. The molecule has 0 aliphatic carbocycles. The number of allylic oxidation sites excluding steroid dienone is 1. The average Bonchev–Trinajstić information content (AvgIpc) is 2.62. The molecule has 102 valence electrons. The van der Waals surface area contributed by atoms with E-state index in [0.29, 0.717) is 10.7 Å². The summed E-state index contributed by atoms with van der Waals surface area (Å²) in [7, 11) is -3.11. The molecular formula is C13H14ClNO3S. The molecule has 1 amide bonds. The zero-order chi connectivity index (χ0) is 14.0. The van der Waals surface area contributed by atoms with Gasteiger partial charge in [0.15, 0.2) is 9.84 Å². The molecule has 0 saturated carbocycles. The van der Waals surface area contributed by atoms with Gasteiger partial charge in [-0.05, 0) is 24.6 Å². The smallest absolute Gasteiger partial charge is 0.225 e. The van der Waals surface area contributed by atoms with Crippen LogP contribution in [0.5, 0.6) is 0 Å². The van der Waals surface area contributed by atoms with Crippen molar-refractivity contribution >= 4 is 33.0 Å². The minimum absolute atomic E-state index is 0.00203. The number of rotatable bonds is 3. The summed E-state index contributed by atoms with van der Waals surface area (Å²) in [5, 5.41) is 4.34.